The van der Waals surface area contributed by atoms with Gasteiger partial charge in [-0.05, 0) is 18.2 Å². The lowest BCUT2D eigenvalue weighted by Crippen LogP contribution is -2.18. The number of aromatic nitrogens is 2. The molecule has 3 N–H and O–H groups in total. The number of halogens is 2. The van der Waals surface area contributed by atoms with E-state index in [9.17, 15) is 4.39 Å². The Morgan fingerprint density at radius 3 is 2.94 bits per heavy atom. The van der Waals surface area contributed by atoms with Crippen LogP contribution in [0.1, 0.15) is 11.7 Å². The van der Waals surface area contributed by atoms with E-state index in [1.807, 2.05) is 0 Å². The van der Waals surface area contributed by atoms with Crippen molar-refractivity contribution in [2.45, 2.75) is 6.04 Å². The number of hydrogen-bond acceptors (Lipinski definition) is 3. The van der Waals surface area contributed by atoms with E-state index in [1.165, 1.54) is 24.5 Å². The smallest absolute Gasteiger partial charge is 0.124 e. The Labute approximate surface area is 102 Å². The minimum atomic E-state index is -0.557. The average Bonchev–Trinajstić information content (AvgIpc) is 2.77. The van der Waals surface area contributed by atoms with Crippen molar-refractivity contribution in [2.24, 2.45) is 5.73 Å². The fraction of sp³-hybridized carbons (Fsp3) is 0.182. The van der Waals surface area contributed by atoms with E-state index in [0.717, 1.165) is 0 Å². The number of hydrogen-bond donors (Lipinski definition) is 2. The standard InChI is InChI=1S/C11H11ClFN3O/c12-8-3-7(13)1-2-10(8)16-6-15-4-11(16)9(14)5-17/h1-4,6,9,17H,5,14H2. The van der Waals surface area contributed by atoms with E-state index < -0.39 is 11.9 Å². The van der Waals surface area contributed by atoms with Crippen molar-refractivity contribution >= 4 is 11.6 Å². The molecule has 2 rings (SSSR count). The number of benzene rings is 1. The monoisotopic (exact) mass is 255 g/mol. The summed E-state index contributed by atoms with van der Waals surface area (Å²) in [6, 6.07) is 3.49. The van der Waals surface area contributed by atoms with Crippen LogP contribution in [0.3, 0.4) is 0 Å². The zero-order valence-electron chi connectivity index (χ0n) is 8.85. The number of imidazole rings is 1. The van der Waals surface area contributed by atoms with Gasteiger partial charge < -0.3 is 15.4 Å². The van der Waals surface area contributed by atoms with Crippen LogP contribution in [0.15, 0.2) is 30.7 Å². The van der Waals surface area contributed by atoms with Gasteiger partial charge in [-0.2, -0.15) is 0 Å². The number of nitrogens with zero attached hydrogens (tertiary/aromatic N) is 2. The summed E-state index contributed by atoms with van der Waals surface area (Å²) in [5.41, 5.74) is 6.91. The van der Waals surface area contributed by atoms with Crippen molar-refractivity contribution in [3.63, 3.8) is 0 Å². The van der Waals surface area contributed by atoms with Gasteiger partial charge in [0.25, 0.3) is 0 Å². The molecule has 1 heterocycles. The van der Waals surface area contributed by atoms with Gasteiger partial charge in [-0.1, -0.05) is 11.6 Å². The number of aliphatic hydroxyl groups excluding tert-OH is 1. The summed E-state index contributed by atoms with van der Waals surface area (Å²) in [6.07, 6.45) is 3.06. The Morgan fingerprint density at radius 1 is 1.53 bits per heavy atom. The molecule has 0 aliphatic rings. The lowest BCUT2D eigenvalue weighted by atomic mass is 10.2. The van der Waals surface area contributed by atoms with Crippen molar-refractivity contribution in [1.29, 1.82) is 0 Å². The van der Waals surface area contributed by atoms with Crippen LogP contribution < -0.4 is 5.73 Å². The SMILES string of the molecule is NC(CO)c1cncn1-c1ccc(F)cc1Cl. The minimum absolute atomic E-state index is 0.204. The fourth-order valence-corrected chi connectivity index (χ4v) is 1.81. The molecule has 0 bridgehead atoms. The molecule has 1 unspecified atom stereocenters. The molecule has 0 spiro atoms. The first-order valence-corrected chi connectivity index (χ1v) is 5.35. The maximum Gasteiger partial charge on any atom is 0.124 e. The molecule has 0 saturated carbocycles. The third-order valence-corrected chi connectivity index (χ3v) is 2.72. The van der Waals surface area contributed by atoms with Gasteiger partial charge in [0.15, 0.2) is 0 Å². The topological polar surface area (TPSA) is 64.1 Å². The van der Waals surface area contributed by atoms with Crippen LogP contribution in [0.5, 0.6) is 0 Å². The highest BCUT2D eigenvalue weighted by molar-refractivity contribution is 6.32. The van der Waals surface area contributed by atoms with Gasteiger partial charge in [0.2, 0.25) is 0 Å². The lowest BCUT2D eigenvalue weighted by molar-refractivity contribution is 0.265. The quantitative estimate of drug-likeness (QED) is 0.877. The summed E-state index contributed by atoms with van der Waals surface area (Å²) < 4.78 is 14.6. The first-order valence-electron chi connectivity index (χ1n) is 4.97. The zero-order chi connectivity index (χ0) is 12.4. The van der Waals surface area contributed by atoms with Gasteiger partial charge in [0.05, 0.1) is 41.6 Å². The van der Waals surface area contributed by atoms with Gasteiger partial charge in [-0.3, -0.25) is 0 Å². The Morgan fingerprint density at radius 2 is 2.29 bits per heavy atom. The summed E-state index contributed by atoms with van der Waals surface area (Å²) in [5.74, 6) is -0.410. The number of aliphatic hydroxyl groups is 1. The van der Waals surface area contributed by atoms with E-state index in [1.54, 1.807) is 10.8 Å². The van der Waals surface area contributed by atoms with Crippen LogP contribution in [0.4, 0.5) is 4.39 Å². The summed E-state index contributed by atoms with van der Waals surface area (Å²) >= 11 is 5.95. The Kier molecular flexibility index (Phi) is 3.42. The molecule has 0 aliphatic heterocycles. The van der Waals surface area contributed by atoms with Crippen molar-refractivity contribution in [1.82, 2.24) is 9.55 Å². The second kappa shape index (κ2) is 4.83. The molecular formula is C11H11ClFN3O. The molecular weight excluding hydrogens is 245 g/mol. The normalized spacial score (nSPS) is 12.7. The van der Waals surface area contributed by atoms with Crippen LogP contribution in [-0.4, -0.2) is 21.3 Å². The molecule has 90 valence electrons. The third kappa shape index (κ3) is 2.31. The third-order valence-electron chi connectivity index (χ3n) is 2.41. The van der Waals surface area contributed by atoms with Gasteiger partial charge in [-0.25, -0.2) is 9.37 Å². The van der Waals surface area contributed by atoms with Crippen LogP contribution in [-0.2, 0) is 0 Å². The molecule has 0 saturated heterocycles. The van der Waals surface area contributed by atoms with Crippen LogP contribution >= 0.6 is 11.6 Å². The average molecular weight is 256 g/mol. The number of nitrogens with two attached hydrogens (primary N) is 1. The summed E-state index contributed by atoms with van der Waals surface area (Å²) in [7, 11) is 0. The van der Waals surface area contributed by atoms with Crippen molar-refractivity contribution in [2.75, 3.05) is 6.61 Å². The van der Waals surface area contributed by atoms with Crippen molar-refractivity contribution in [3.05, 3.63) is 47.3 Å². The molecule has 1 aromatic heterocycles. The van der Waals surface area contributed by atoms with E-state index in [2.05, 4.69) is 4.98 Å². The Hall–Kier alpha value is -1.43. The largest absolute Gasteiger partial charge is 0.394 e. The van der Waals surface area contributed by atoms with Crippen LogP contribution in [0.2, 0.25) is 5.02 Å². The second-order valence-electron chi connectivity index (χ2n) is 3.57. The van der Waals surface area contributed by atoms with E-state index >= 15 is 0 Å². The maximum atomic E-state index is 12.9. The molecule has 2 aromatic rings. The molecule has 17 heavy (non-hydrogen) atoms. The minimum Gasteiger partial charge on any atom is -0.394 e. The van der Waals surface area contributed by atoms with E-state index in [4.69, 9.17) is 22.4 Å². The Balaban J connectivity index is 2.50. The van der Waals surface area contributed by atoms with Gasteiger partial charge in [0, 0.05) is 0 Å². The molecule has 0 radical (unpaired) electrons. The molecule has 6 heteroatoms. The molecule has 1 atom stereocenters. The predicted octanol–water partition coefficient (Wildman–Crippen LogP) is 1.66. The highest BCUT2D eigenvalue weighted by Gasteiger charge is 2.13. The molecule has 0 aliphatic carbocycles. The first kappa shape index (κ1) is 12.0. The van der Waals surface area contributed by atoms with E-state index in [-0.39, 0.29) is 11.6 Å². The molecule has 0 amide bonds. The van der Waals surface area contributed by atoms with Gasteiger partial charge in [0.1, 0.15) is 5.82 Å². The van der Waals surface area contributed by atoms with Crippen LogP contribution in [0, 0.1) is 5.82 Å². The molecule has 1 aromatic carbocycles. The van der Waals surface area contributed by atoms with Gasteiger partial charge >= 0.3 is 0 Å². The first-order chi connectivity index (χ1) is 8.13. The summed E-state index contributed by atoms with van der Waals surface area (Å²) in [4.78, 5) is 3.95. The highest BCUT2D eigenvalue weighted by atomic mass is 35.5. The summed E-state index contributed by atoms with van der Waals surface area (Å²) in [6.45, 7) is -0.204. The zero-order valence-corrected chi connectivity index (χ0v) is 9.60. The molecule has 4 nitrogen and oxygen atoms in total. The van der Waals surface area contributed by atoms with Gasteiger partial charge in [-0.15, -0.1) is 0 Å². The Bertz CT molecular complexity index is 529. The van der Waals surface area contributed by atoms with Crippen molar-refractivity contribution < 1.29 is 9.50 Å². The van der Waals surface area contributed by atoms with E-state index in [0.29, 0.717) is 11.4 Å². The second-order valence-corrected chi connectivity index (χ2v) is 3.98. The van der Waals surface area contributed by atoms with Crippen molar-refractivity contribution in [3.8, 4) is 5.69 Å². The summed E-state index contributed by atoms with van der Waals surface area (Å²) in [5, 5.41) is 9.29. The maximum absolute atomic E-state index is 12.9. The predicted molar refractivity (Wildman–Crippen MR) is 62.5 cm³/mol. The number of rotatable bonds is 3. The lowest BCUT2D eigenvalue weighted by Gasteiger charge is -2.13. The molecule has 0 fully saturated rings. The highest BCUT2D eigenvalue weighted by Crippen LogP contribution is 2.24. The van der Waals surface area contributed by atoms with Crippen LogP contribution in [0.25, 0.3) is 5.69 Å². The fourth-order valence-electron chi connectivity index (χ4n) is 1.55.